The molecule has 130 valence electrons. The van der Waals surface area contributed by atoms with Crippen molar-refractivity contribution in [1.82, 2.24) is 9.80 Å². The van der Waals surface area contributed by atoms with Gasteiger partial charge in [-0.1, -0.05) is 13.0 Å². The number of aliphatic imine (C=N–C) groups is 1. The minimum absolute atomic E-state index is 0. The standard InChI is InChI=1S/C17H28N4S.HI/c1-13-7-9-21(10-8-13)15(16-4-3-11-22-16)12-19-17(18)20(2)14-5-6-14;/h3-4,11,13-15H,5-10,12H2,1-2H3,(H2,18,19);1H. The molecule has 6 heteroatoms. The summed E-state index contributed by atoms with van der Waals surface area (Å²) in [6, 6.07) is 5.39. The zero-order chi connectivity index (χ0) is 15.5. The van der Waals surface area contributed by atoms with Gasteiger partial charge in [0, 0.05) is 18.0 Å². The Morgan fingerprint density at radius 1 is 1.39 bits per heavy atom. The molecule has 1 aliphatic carbocycles. The molecule has 0 amide bonds. The highest BCUT2D eigenvalue weighted by Crippen LogP contribution is 2.30. The summed E-state index contributed by atoms with van der Waals surface area (Å²) in [5.74, 6) is 1.56. The maximum atomic E-state index is 6.17. The molecule has 0 spiro atoms. The molecule has 1 aromatic rings. The highest BCUT2D eigenvalue weighted by molar-refractivity contribution is 14.0. The summed E-state index contributed by atoms with van der Waals surface area (Å²) in [6.45, 7) is 5.49. The first-order valence-electron chi connectivity index (χ1n) is 8.45. The molecule has 23 heavy (non-hydrogen) atoms. The number of rotatable bonds is 5. The molecule has 2 fully saturated rings. The summed E-state index contributed by atoms with van der Waals surface area (Å²) in [6.07, 6.45) is 5.10. The van der Waals surface area contributed by atoms with Crippen LogP contribution in [-0.4, -0.2) is 48.5 Å². The Bertz CT molecular complexity index is 493. The minimum Gasteiger partial charge on any atom is -0.370 e. The molecule has 1 atom stereocenters. The third-order valence-corrected chi connectivity index (χ3v) is 5.99. The topological polar surface area (TPSA) is 44.9 Å². The van der Waals surface area contributed by atoms with Crippen LogP contribution in [-0.2, 0) is 0 Å². The van der Waals surface area contributed by atoms with Gasteiger partial charge in [0.15, 0.2) is 5.96 Å². The van der Waals surface area contributed by atoms with Crippen molar-refractivity contribution < 1.29 is 0 Å². The summed E-state index contributed by atoms with van der Waals surface area (Å²) < 4.78 is 0. The lowest BCUT2D eigenvalue weighted by Gasteiger charge is -2.35. The molecule has 0 bridgehead atoms. The minimum atomic E-state index is 0. The number of piperidine rings is 1. The normalized spacial score (nSPS) is 21.7. The maximum Gasteiger partial charge on any atom is 0.191 e. The van der Waals surface area contributed by atoms with Gasteiger partial charge in [0.1, 0.15) is 0 Å². The molecule has 0 radical (unpaired) electrons. The smallest absolute Gasteiger partial charge is 0.191 e. The van der Waals surface area contributed by atoms with E-state index in [1.54, 1.807) is 0 Å². The van der Waals surface area contributed by atoms with Gasteiger partial charge in [0.25, 0.3) is 0 Å². The first-order chi connectivity index (χ1) is 10.6. The predicted molar refractivity (Wildman–Crippen MR) is 110 cm³/mol. The molecule has 2 aliphatic rings. The van der Waals surface area contributed by atoms with Crippen molar-refractivity contribution in [3.05, 3.63) is 22.4 Å². The predicted octanol–water partition coefficient (Wildman–Crippen LogP) is 3.55. The molecule has 1 saturated carbocycles. The third kappa shape index (κ3) is 5.06. The van der Waals surface area contributed by atoms with Crippen molar-refractivity contribution in [1.29, 1.82) is 0 Å². The van der Waals surface area contributed by atoms with Crippen LogP contribution in [0.25, 0.3) is 0 Å². The molecule has 3 rings (SSSR count). The lowest BCUT2D eigenvalue weighted by atomic mass is 9.97. The first kappa shape index (κ1) is 19.0. The van der Waals surface area contributed by atoms with Crippen molar-refractivity contribution >= 4 is 41.3 Å². The maximum absolute atomic E-state index is 6.17. The second-order valence-corrected chi connectivity index (χ2v) is 7.77. The van der Waals surface area contributed by atoms with Crippen molar-refractivity contribution in [2.24, 2.45) is 16.6 Å². The van der Waals surface area contributed by atoms with Crippen molar-refractivity contribution in [2.75, 3.05) is 26.7 Å². The molecule has 0 aromatic carbocycles. The van der Waals surface area contributed by atoms with E-state index >= 15 is 0 Å². The van der Waals surface area contributed by atoms with Gasteiger partial charge >= 0.3 is 0 Å². The van der Waals surface area contributed by atoms with Crippen LogP contribution < -0.4 is 5.73 Å². The Morgan fingerprint density at radius 3 is 2.65 bits per heavy atom. The highest BCUT2D eigenvalue weighted by Gasteiger charge is 2.28. The Hall–Kier alpha value is -0.340. The molecule has 1 aliphatic heterocycles. The molecular weight excluding hydrogens is 419 g/mol. The lowest BCUT2D eigenvalue weighted by Crippen LogP contribution is -2.39. The van der Waals surface area contributed by atoms with E-state index in [-0.39, 0.29) is 24.0 Å². The summed E-state index contributed by atoms with van der Waals surface area (Å²) in [7, 11) is 2.07. The monoisotopic (exact) mass is 448 g/mol. The quantitative estimate of drug-likeness (QED) is 0.426. The molecule has 1 aromatic heterocycles. The van der Waals surface area contributed by atoms with Crippen LogP contribution in [0, 0.1) is 5.92 Å². The van der Waals surface area contributed by atoms with E-state index in [4.69, 9.17) is 10.7 Å². The summed E-state index contributed by atoms with van der Waals surface area (Å²) in [5.41, 5.74) is 6.17. The van der Waals surface area contributed by atoms with E-state index in [2.05, 4.69) is 41.3 Å². The lowest BCUT2D eigenvalue weighted by molar-refractivity contribution is 0.143. The number of nitrogens with zero attached hydrogens (tertiary/aromatic N) is 3. The van der Waals surface area contributed by atoms with Crippen LogP contribution in [0.4, 0.5) is 0 Å². The number of thiophene rings is 1. The van der Waals surface area contributed by atoms with Crippen LogP contribution in [0.3, 0.4) is 0 Å². The molecule has 4 nitrogen and oxygen atoms in total. The largest absolute Gasteiger partial charge is 0.370 e. The van der Waals surface area contributed by atoms with E-state index in [0.29, 0.717) is 18.0 Å². The van der Waals surface area contributed by atoms with Crippen LogP contribution in [0.5, 0.6) is 0 Å². The summed E-state index contributed by atoms with van der Waals surface area (Å²) in [5, 5.41) is 2.16. The Balaban J connectivity index is 0.00000192. The summed E-state index contributed by atoms with van der Waals surface area (Å²) in [4.78, 5) is 10.9. The average Bonchev–Trinajstić information content (AvgIpc) is 3.24. The number of halogens is 1. The summed E-state index contributed by atoms with van der Waals surface area (Å²) >= 11 is 1.84. The fraction of sp³-hybridized carbons (Fsp3) is 0.706. The first-order valence-corrected chi connectivity index (χ1v) is 9.33. The Kier molecular flexibility index (Phi) is 7.16. The number of guanidine groups is 1. The molecule has 2 N–H and O–H groups in total. The van der Waals surface area contributed by atoms with Crippen LogP contribution >= 0.6 is 35.3 Å². The van der Waals surface area contributed by atoms with Gasteiger partial charge in [0.05, 0.1) is 12.6 Å². The van der Waals surface area contributed by atoms with Gasteiger partial charge in [-0.05, 0) is 56.1 Å². The van der Waals surface area contributed by atoms with Gasteiger partial charge < -0.3 is 10.6 Å². The van der Waals surface area contributed by atoms with E-state index in [1.807, 2.05) is 11.3 Å². The van der Waals surface area contributed by atoms with Crippen LogP contribution in [0.2, 0.25) is 0 Å². The second-order valence-electron chi connectivity index (χ2n) is 6.79. The SMILES string of the molecule is CC1CCN(C(CN=C(N)N(C)C2CC2)c2cccs2)CC1.I. The van der Waals surface area contributed by atoms with Gasteiger partial charge in [-0.3, -0.25) is 9.89 Å². The molecule has 1 saturated heterocycles. The average molecular weight is 448 g/mol. The zero-order valence-corrected chi connectivity index (χ0v) is 17.3. The Morgan fingerprint density at radius 2 is 2.09 bits per heavy atom. The van der Waals surface area contributed by atoms with E-state index in [9.17, 15) is 0 Å². The van der Waals surface area contributed by atoms with Crippen molar-refractivity contribution in [2.45, 2.75) is 44.7 Å². The van der Waals surface area contributed by atoms with E-state index in [1.165, 1.54) is 43.6 Å². The van der Waals surface area contributed by atoms with Gasteiger partial charge in [-0.25, -0.2) is 0 Å². The van der Waals surface area contributed by atoms with E-state index < -0.39 is 0 Å². The number of hydrogen-bond acceptors (Lipinski definition) is 3. The molecule has 1 unspecified atom stereocenters. The van der Waals surface area contributed by atoms with Gasteiger partial charge in [-0.2, -0.15) is 0 Å². The fourth-order valence-electron chi connectivity index (χ4n) is 3.15. The zero-order valence-electron chi connectivity index (χ0n) is 14.1. The number of hydrogen-bond donors (Lipinski definition) is 1. The van der Waals surface area contributed by atoms with Crippen LogP contribution in [0.1, 0.15) is 43.5 Å². The highest BCUT2D eigenvalue weighted by atomic mass is 127. The fourth-order valence-corrected chi connectivity index (χ4v) is 4.00. The third-order valence-electron chi connectivity index (χ3n) is 5.01. The van der Waals surface area contributed by atoms with Gasteiger partial charge in [0.2, 0.25) is 0 Å². The van der Waals surface area contributed by atoms with Crippen molar-refractivity contribution in [3.8, 4) is 0 Å². The van der Waals surface area contributed by atoms with E-state index in [0.717, 1.165) is 12.5 Å². The second kappa shape index (κ2) is 8.67. The van der Waals surface area contributed by atoms with Crippen molar-refractivity contribution in [3.63, 3.8) is 0 Å². The van der Waals surface area contributed by atoms with Crippen LogP contribution in [0.15, 0.2) is 22.5 Å². The number of likely N-dealkylation sites (tertiary alicyclic amines) is 1. The molecular formula is C17H29IN4S. The Labute approximate surface area is 161 Å². The van der Waals surface area contributed by atoms with Gasteiger partial charge in [-0.15, -0.1) is 35.3 Å². The number of nitrogens with two attached hydrogens (primary N) is 1. The molecule has 2 heterocycles.